The Bertz CT molecular complexity index is 608. The number of para-hydroxylation sites is 1. The normalized spacial score (nSPS) is 14.4. The van der Waals surface area contributed by atoms with E-state index in [0.717, 1.165) is 0 Å². The summed E-state index contributed by atoms with van der Waals surface area (Å²) in [4.78, 5) is 7.80. The van der Waals surface area contributed by atoms with Crippen molar-refractivity contribution in [1.82, 2.24) is 9.97 Å². The third kappa shape index (κ3) is 3.59. The van der Waals surface area contributed by atoms with Gasteiger partial charge in [0.1, 0.15) is 5.82 Å². The molecule has 2 aromatic rings. The molecular weight excluding hydrogens is 296 g/mol. The van der Waals surface area contributed by atoms with Crippen LogP contribution in [0.1, 0.15) is 19.2 Å². The summed E-state index contributed by atoms with van der Waals surface area (Å²) in [6.07, 6.45) is -0.832. The lowest BCUT2D eigenvalue weighted by molar-refractivity contribution is 0.141. The number of rotatable bonds is 6. The van der Waals surface area contributed by atoms with Crippen molar-refractivity contribution in [1.29, 1.82) is 0 Å². The third-order valence-corrected chi connectivity index (χ3v) is 4.38. The summed E-state index contributed by atoms with van der Waals surface area (Å²) in [5.41, 5.74) is 0.474. The minimum absolute atomic E-state index is 0.0000534. The zero-order chi connectivity index (χ0) is 15.4. The summed E-state index contributed by atoms with van der Waals surface area (Å²) in [5, 5.41) is 13.1. The highest BCUT2D eigenvalue weighted by Crippen LogP contribution is 2.26. The van der Waals surface area contributed by atoms with Crippen LogP contribution in [0.25, 0.3) is 10.9 Å². The number of hydrogen-bond donors (Lipinski definition) is 2. The topological polar surface area (TPSA) is 58.0 Å². The van der Waals surface area contributed by atoms with Gasteiger partial charge in [0.15, 0.2) is 5.82 Å². The predicted molar refractivity (Wildman–Crippen MR) is 82.0 cm³/mol. The first-order chi connectivity index (χ1) is 10.1. The Morgan fingerprint density at radius 2 is 2.00 bits per heavy atom. The van der Waals surface area contributed by atoms with Crippen LogP contribution in [0, 0.1) is 0 Å². The number of benzene rings is 1. The summed E-state index contributed by atoms with van der Waals surface area (Å²) in [5.74, 6) is -0.121. The predicted octanol–water partition coefficient (Wildman–Crippen LogP) is 3.09. The molecule has 2 atom stereocenters. The fraction of sp³-hybridized carbons (Fsp3) is 0.429. The van der Waals surface area contributed by atoms with E-state index in [-0.39, 0.29) is 17.9 Å². The number of thioether (sulfide) groups is 1. The Kier molecular flexibility index (Phi) is 5.30. The molecular formula is C14H17F2N3OS. The molecule has 2 unspecified atom stereocenters. The van der Waals surface area contributed by atoms with Crippen molar-refractivity contribution in [3.63, 3.8) is 0 Å². The molecule has 1 heterocycles. The number of hydrogen-bond acceptors (Lipinski definition) is 5. The van der Waals surface area contributed by atoms with E-state index in [1.165, 1.54) is 11.8 Å². The zero-order valence-electron chi connectivity index (χ0n) is 11.8. The molecule has 0 saturated carbocycles. The summed E-state index contributed by atoms with van der Waals surface area (Å²) in [6.45, 7) is 1.89. The number of aliphatic hydroxyl groups excluding tert-OH is 1. The van der Waals surface area contributed by atoms with Crippen molar-refractivity contribution < 1.29 is 13.9 Å². The van der Waals surface area contributed by atoms with Crippen molar-refractivity contribution in [3.05, 3.63) is 30.1 Å². The Morgan fingerprint density at radius 3 is 2.62 bits per heavy atom. The lowest BCUT2D eigenvalue weighted by Crippen LogP contribution is -2.31. The van der Waals surface area contributed by atoms with E-state index in [2.05, 4.69) is 15.3 Å². The van der Waals surface area contributed by atoms with Crippen molar-refractivity contribution >= 4 is 28.5 Å². The van der Waals surface area contributed by atoms with E-state index >= 15 is 0 Å². The number of fused-ring (bicyclic) bond motifs is 1. The number of halogens is 2. The van der Waals surface area contributed by atoms with Crippen LogP contribution in [0.2, 0.25) is 0 Å². The highest BCUT2D eigenvalue weighted by atomic mass is 32.2. The third-order valence-electron chi connectivity index (χ3n) is 3.22. The molecule has 0 radical (unpaired) electrons. The summed E-state index contributed by atoms with van der Waals surface area (Å²) < 4.78 is 25.8. The molecule has 1 aromatic heterocycles. The van der Waals surface area contributed by atoms with Crippen molar-refractivity contribution in [2.24, 2.45) is 0 Å². The van der Waals surface area contributed by atoms with Gasteiger partial charge in [-0.1, -0.05) is 12.1 Å². The molecule has 1 aromatic carbocycles. The highest BCUT2D eigenvalue weighted by Gasteiger charge is 2.19. The van der Waals surface area contributed by atoms with Crippen LogP contribution in [-0.4, -0.2) is 39.2 Å². The maximum Gasteiger partial charge on any atom is 0.297 e. The van der Waals surface area contributed by atoms with Gasteiger partial charge in [-0.25, -0.2) is 18.7 Å². The van der Waals surface area contributed by atoms with Crippen LogP contribution in [0.15, 0.2) is 24.3 Å². The number of aromatic nitrogens is 2. The zero-order valence-corrected chi connectivity index (χ0v) is 12.6. The number of nitrogens with zero attached hydrogens (tertiary/aromatic N) is 2. The van der Waals surface area contributed by atoms with Crippen LogP contribution < -0.4 is 5.32 Å². The van der Waals surface area contributed by atoms with Crippen LogP contribution in [0.5, 0.6) is 0 Å². The second-order valence-electron chi connectivity index (χ2n) is 4.64. The van der Waals surface area contributed by atoms with Gasteiger partial charge in [0, 0.05) is 16.7 Å². The lowest BCUT2D eigenvalue weighted by Gasteiger charge is -2.22. The van der Waals surface area contributed by atoms with Crippen LogP contribution >= 0.6 is 11.8 Å². The molecule has 2 rings (SSSR count). The number of aliphatic hydroxyl groups is 1. The van der Waals surface area contributed by atoms with Gasteiger partial charge in [0.05, 0.1) is 12.1 Å². The second-order valence-corrected chi connectivity index (χ2v) is 5.71. The number of anilines is 1. The Morgan fingerprint density at radius 1 is 1.29 bits per heavy atom. The van der Waals surface area contributed by atoms with Gasteiger partial charge in [-0.15, -0.1) is 0 Å². The number of alkyl halides is 2. The van der Waals surface area contributed by atoms with Gasteiger partial charge in [-0.05, 0) is 25.3 Å². The van der Waals surface area contributed by atoms with E-state index in [0.29, 0.717) is 16.7 Å². The van der Waals surface area contributed by atoms with E-state index in [1.807, 2.05) is 19.2 Å². The number of nitrogens with one attached hydrogen (secondary N) is 1. The molecule has 114 valence electrons. The molecule has 21 heavy (non-hydrogen) atoms. The second kappa shape index (κ2) is 7.00. The summed E-state index contributed by atoms with van der Waals surface area (Å²) >= 11 is 1.51. The lowest BCUT2D eigenvalue weighted by atomic mass is 10.2. The molecule has 0 spiro atoms. The monoisotopic (exact) mass is 313 g/mol. The largest absolute Gasteiger partial charge is 0.395 e. The molecule has 0 aliphatic rings. The van der Waals surface area contributed by atoms with Gasteiger partial charge in [0.2, 0.25) is 0 Å². The van der Waals surface area contributed by atoms with Crippen molar-refractivity contribution in [2.75, 3.05) is 18.2 Å². The van der Waals surface area contributed by atoms with Gasteiger partial charge >= 0.3 is 0 Å². The molecule has 4 nitrogen and oxygen atoms in total. The van der Waals surface area contributed by atoms with Gasteiger partial charge in [-0.3, -0.25) is 0 Å². The molecule has 7 heteroatoms. The van der Waals surface area contributed by atoms with E-state index in [9.17, 15) is 13.9 Å². The Balaban J connectivity index is 2.41. The van der Waals surface area contributed by atoms with E-state index in [1.54, 1.807) is 18.2 Å². The minimum Gasteiger partial charge on any atom is -0.395 e. The smallest absolute Gasteiger partial charge is 0.297 e. The van der Waals surface area contributed by atoms with Gasteiger partial charge in [0.25, 0.3) is 6.43 Å². The van der Waals surface area contributed by atoms with Gasteiger partial charge in [-0.2, -0.15) is 11.8 Å². The summed E-state index contributed by atoms with van der Waals surface area (Å²) in [7, 11) is 0. The SMILES string of the molecule is CSC(CO)C(C)Nc1nc(C(F)F)nc2ccccc12. The van der Waals surface area contributed by atoms with Crippen molar-refractivity contribution in [2.45, 2.75) is 24.6 Å². The Hall–Kier alpha value is -1.47. The molecule has 0 aliphatic heterocycles. The first-order valence-corrected chi connectivity index (χ1v) is 7.80. The quantitative estimate of drug-likeness (QED) is 0.858. The van der Waals surface area contributed by atoms with Crippen LogP contribution in [0.3, 0.4) is 0 Å². The maximum absolute atomic E-state index is 12.9. The van der Waals surface area contributed by atoms with Crippen molar-refractivity contribution in [3.8, 4) is 0 Å². The molecule has 2 N–H and O–H groups in total. The molecule has 0 amide bonds. The van der Waals surface area contributed by atoms with Crippen LogP contribution in [-0.2, 0) is 0 Å². The van der Waals surface area contributed by atoms with E-state index < -0.39 is 12.2 Å². The standard InChI is InChI=1S/C14H17F2N3OS/c1-8(11(7-20)21-2)17-13-9-5-3-4-6-10(9)18-14(19-13)12(15)16/h3-6,8,11-12,20H,7H2,1-2H3,(H,17,18,19). The minimum atomic E-state index is -2.72. The Labute approximate surface area is 126 Å². The maximum atomic E-state index is 12.9. The van der Waals surface area contributed by atoms with Gasteiger partial charge < -0.3 is 10.4 Å². The molecule has 0 aliphatic carbocycles. The summed E-state index contributed by atoms with van der Waals surface area (Å²) in [6, 6.07) is 6.90. The molecule has 0 saturated heterocycles. The van der Waals surface area contributed by atoms with E-state index in [4.69, 9.17) is 0 Å². The highest BCUT2D eigenvalue weighted by molar-refractivity contribution is 7.99. The fourth-order valence-electron chi connectivity index (χ4n) is 2.05. The van der Waals surface area contributed by atoms with Crippen LogP contribution in [0.4, 0.5) is 14.6 Å². The first-order valence-electron chi connectivity index (χ1n) is 6.51. The molecule has 0 fully saturated rings. The average molecular weight is 313 g/mol. The average Bonchev–Trinajstić information content (AvgIpc) is 2.48. The molecule has 0 bridgehead atoms. The first kappa shape index (κ1) is 15.9. The fourth-order valence-corrected chi connectivity index (χ4v) is 2.67.